The van der Waals surface area contributed by atoms with E-state index in [9.17, 15) is 0 Å². The maximum Gasteiger partial charge on any atom is 0.146 e. The molecule has 2 heterocycles. The van der Waals surface area contributed by atoms with Gasteiger partial charge in [0.2, 0.25) is 0 Å². The molecule has 0 amide bonds. The van der Waals surface area contributed by atoms with Gasteiger partial charge >= 0.3 is 0 Å². The molecule has 0 unspecified atom stereocenters. The SMILES string of the molecule is Cc1ccc2c(c1)C1=NCCCN1C(=S)S2. The van der Waals surface area contributed by atoms with Crippen molar-refractivity contribution < 1.29 is 0 Å². The highest BCUT2D eigenvalue weighted by atomic mass is 32.2. The van der Waals surface area contributed by atoms with Crippen LogP contribution in [-0.2, 0) is 0 Å². The maximum absolute atomic E-state index is 5.42. The molecule has 4 heteroatoms. The van der Waals surface area contributed by atoms with Crippen molar-refractivity contribution in [3.8, 4) is 0 Å². The molecule has 0 saturated heterocycles. The Labute approximate surface area is 105 Å². The quantitative estimate of drug-likeness (QED) is 0.657. The number of aliphatic imine (C=N–C) groups is 1. The molecule has 0 spiro atoms. The minimum absolute atomic E-state index is 0.923. The molecule has 16 heavy (non-hydrogen) atoms. The van der Waals surface area contributed by atoms with Gasteiger partial charge in [-0.05, 0) is 25.5 Å². The van der Waals surface area contributed by atoms with E-state index in [0.29, 0.717) is 0 Å². The number of rotatable bonds is 0. The first-order chi connectivity index (χ1) is 7.75. The van der Waals surface area contributed by atoms with Crippen LogP contribution in [0.1, 0.15) is 17.5 Å². The van der Waals surface area contributed by atoms with Crippen LogP contribution < -0.4 is 0 Å². The van der Waals surface area contributed by atoms with Crippen LogP contribution in [0.5, 0.6) is 0 Å². The van der Waals surface area contributed by atoms with Crippen molar-refractivity contribution in [1.82, 2.24) is 4.90 Å². The number of amidine groups is 1. The van der Waals surface area contributed by atoms with Gasteiger partial charge in [-0.15, -0.1) is 0 Å². The van der Waals surface area contributed by atoms with E-state index in [1.165, 1.54) is 16.0 Å². The molecule has 0 aromatic heterocycles. The van der Waals surface area contributed by atoms with Crippen LogP contribution in [0.25, 0.3) is 0 Å². The van der Waals surface area contributed by atoms with Crippen LogP contribution in [0, 0.1) is 6.92 Å². The summed E-state index contributed by atoms with van der Waals surface area (Å²) in [5, 5.41) is 0. The molecular weight excluding hydrogens is 236 g/mol. The molecule has 3 rings (SSSR count). The third kappa shape index (κ3) is 1.57. The molecule has 0 N–H and O–H groups in total. The second-order valence-electron chi connectivity index (χ2n) is 4.08. The molecule has 2 aliphatic heterocycles. The van der Waals surface area contributed by atoms with Crippen molar-refractivity contribution in [2.24, 2.45) is 4.99 Å². The standard InChI is InChI=1S/C12H12N2S2/c1-8-3-4-10-9(7-8)11-13-5-2-6-14(11)12(15)16-10/h3-4,7H,2,5-6H2,1H3. The third-order valence-corrected chi connectivity index (χ3v) is 4.29. The summed E-state index contributed by atoms with van der Waals surface area (Å²) in [6.45, 7) is 4.05. The number of fused-ring (bicyclic) bond motifs is 3. The molecule has 0 atom stereocenters. The summed E-state index contributed by atoms with van der Waals surface area (Å²) in [6.07, 6.45) is 1.10. The first-order valence-electron chi connectivity index (χ1n) is 5.40. The number of hydrogen-bond donors (Lipinski definition) is 0. The highest BCUT2D eigenvalue weighted by Crippen LogP contribution is 2.34. The molecule has 0 fully saturated rings. The zero-order valence-electron chi connectivity index (χ0n) is 9.06. The number of aryl methyl sites for hydroxylation is 1. The second-order valence-corrected chi connectivity index (χ2v) is 5.75. The van der Waals surface area contributed by atoms with Crippen LogP contribution in [0.2, 0.25) is 0 Å². The average Bonchev–Trinajstić information content (AvgIpc) is 2.31. The van der Waals surface area contributed by atoms with E-state index in [1.54, 1.807) is 11.8 Å². The molecule has 0 radical (unpaired) electrons. The van der Waals surface area contributed by atoms with Crippen molar-refractivity contribution in [2.75, 3.05) is 13.1 Å². The van der Waals surface area contributed by atoms with Gasteiger partial charge in [0.25, 0.3) is 0 Å². The average molecular weight is 248 g/mol. The van der Waals surface area contributed by atoms with E-state index >= 15 is 0 Å². The van der Waals surface area contributed by atoms with Crippen LogP contribution in [0.3, 0.4) is 0 Å². The van der Waals surface area contributed by atoms with Crippen LogP contribution >= 0.6 is 24.0 Å². The lowest BCUT2D eigenvalue weighted by molar-refractivity contribution is 0.560. The van der Waals surface area contributed by atoms with Gasteiger partial charge in [-0.1, -0.05) is 35.6 Å². The Kier molecular flexibility index (Phi) is 2.48. The number of benzene rings is 1. The third-order valence-electron chi connectivity index (χ3n) is 2.85. The van der Waals surface area contributed by atoms with Crippen LogP contribution in [0.15, 0.2) is 28.1 Å². The fourth-order valence-electron chi connectivity index (χ4n) is 2.07. The number of nitrogens with zero attached hydrogens (tertiary/aromatic N) is 2. The molecule has 1 aromatic carbocycles. The number of thiocarbonyl (C=S) groups is 1. The van der Waals surface area contributed by atoms with Crippen molar-refractivity contribution in [1.29, 1.82) is 0 Å². The Bertz CT molecular complexity index is 494. The summed E-state index contributed by atoms with van der Waals surface area (Å²) in [5.41, 5.74) is 2.53. The predicted molar refractivity (Wildman–Crippen MR) is 72.4 cm³/mol. The molecule has 2 aliphatic rings. The lowest BCUT2D eigenvalue weighted by Gasteiger charge is -2.34. The monoisotopic (exact) mass is 248 g/mol. The van der Waals surface area contributed by atoms with E-state index in [0.717, 1.165) is 29.7 Å². The van der Waals surface area contributed by atoms with Crippen molar-refractivity contribution in [2.45, 2.75) is 18.2 Å². The maximum atomic E-state index is 5.42. The van der Waals surface area contributed by atoms with E-state index in [1.807, 2.05) is 0 Å². The summed E-state index contributed by atoms with van der Waals surface area (Å²) >= 11 is 7.10. The molecule has 0 saturated carbocycles. The van der Waals surface area contributed by atoms with Crippen LogP contribution in [0.4, 0.5) is 0 Å². The highest BCUT2D eigenvalue weighted by Gasteiger charge is 2.28. The Morgan fingerprint density at radius 3 is 3.19 bits per heavy atom. The summed E-state index contributed by atoms with van der Waals surface area (Å²) in [6, 6.07) is 6.49. The molecule has 2 nitrogen and oxygen atoms in total. The highest BCUT2D eigenvalue weighted by molar-refractivity contribution is 8.23. The van der Waals surface area contributed by atoms with E-state index < -0.39 is 0 Å². The molecule has 0 aliphatic carbocycles. The normalized spacial score (nSPS) is 18.9. The molecule has 82 valence electrons. The van der Waals surface area contributed by atoms with Gasteiger partial charge in [0.1, 0.15) is 10.2 Å². The first kappa shape index (κ1) is 10.3. The Hall–Kier alpha value is -0.870. The molecular formula is C12H12N2S2. The summed E-state index contributed by atoms with van der Waals surface area (Å²) in [4.78, 5) is 8.04. The molecule has 1 aromatic rings. The van der Waals surface area contributed by atoms with E-state index in [-0.39, 0.29) is 0 Å². The minimum atomic E-state index is 0.923. The minimum Gasteiger partial charge on any atom is -0.311 e. The second kappa shape index (κ2) is 3.86. The Morgan fingerprint density at radius 2 is 2.31 bits per heavy atom. The van der Waals surface area contributed by atoms with Gasteiger partial charge < -0.3 is 4.90 Å². The largest absolute Gasteiger partial charge is 0.311 e. The van der Waals surface area contributed by atoms with Gasteiger partial charge in [0, 0.05) is 23.5 Å². The van der Waals surface area contributed by atoms with Gasteiger partial charge in [-0.2, -0.15) is 0 Å². The van der Waals surface area contributed by atoms with Gasteiger partial charge in [0.05, 0.1) is 0 Å². The summed E-state index contributed by atoms with van der Waals surface area (Å²) in [7, 11) is 0. The summed E-state index contributed by atoms with van der Waals surface area (Å²) < 4.78 is 0.940. The molecule has 0 bridgehead atoms. The Balaban J connectivity index is 2.18. The summed E-state index contributed by atoms with van der Waals surface area (Å²) in [5.74, 6) is 1.08. The Morgan fingerprint density at radius 1 is 1.44 bits per heavy atom. The predicted octanol–water partition coefficient (Wildman–Crippen LogP) is 2.84. The van der Waals surface area contributed by atoms with Gasteiger partial charge in [0.15, 0.2) is 0 Å². The van der Waals surface area contributed by atoms with Crippen molar-refractivity contribution in [3.63, 3.8) is 0 Å². The van der Waals surface area contributed by atoms with Crippen LogP contribution in [-0.4, -0.2) is 28.1 Å². The number of thioether (sulfide) groups is 1. The number of hydrogen-bond acceptors (Lipinski definition) is 3. The first-order valence-corrected chi connectivity index (χ1v) is 6.63. The van der Waals surface area contributed by atoms with Gasteiger partial charge in [-0.25, -0.2) is 0 Å². The van der Waals surface area contributed by atoms with E-state index in [4.69, 9.17) is 12.2 Å². The lowest BCUT2D eigenvalue weighted by Crippen LogP contribution is -2.41. The van der Waals surface area contributed by atoms with E-state index in [2.05, 4.69) is 35.0 Å². The van der Waals surface area contributed by atoms with Crippen molar-refractivity contribution in [3.05, 3.63) is 29.3 Å². The zero-order valence-corrected chi connectivity index (χ0v) is 10.7. The fourth-order valence-corrected chi connectivity index (χ4v) is 3.39. The smallest absolute Gasteiger partial charge is 0.146 e. The topological polar surface area (TPSA) is 15.6 Å². The van der Waals surface area contributed by atoms with Crippen molar-refractivity contribution >= 4 is 34.1 Å². The lowest BCUT2D eigenvalue weighted by atomic mass is 10.1. The zero-order chi connectivity index (χ0) is 11.1. The van der Waals surface area contributed by atoms with Gasteiger partial charge in [-0.3, -0.25) is 4.99 Å². The fraction of sp³-hybridized carbons (Fsp3) is 0.333.